The van der Waals surface area contributed by atoms with E-state index in [1.807, 2.05) is 30.5 Å². The summed E-state index contributed by atoms with van der Waals surface area (Å²) >= 11 is 0. The van der Waals surface area contributed by atoms with E-state index >= 15 is 0 Å². The smallest absolute Gasteiger partial charge is 0.229 e. The average molecular weight is 350 g/mol. The van der Waals surface area contributed by atoms with Crippen molar-refractivity contribution in [1.29, 1.82) is 0 Å². The molecule has 2 fully saturated rings. The molecule has 2 aromatic heterocycles. The van der Waals surface area contributed by atoms with Crippen LogP contribution in [0.5, 0.6) is 0 Å². The first-order valence-electron chi connectivity index (χ1n) is 9.56. The highest BCUT2D eigenvalue weighted by Gasteiger charge is 2.45. The molecule has 1 spiro atoms. The van der Waals surface area contributed by atoms with Crippen molar-refractivity contribution in [3.05, 3.63) is 60.2 Å². The Morgan fingerprint density at radius 2 is 1.73 bits per heavy atom. The largest absolute Gasteiger partial charge is 0.338 e. The molecule has 5 nitrogen and oxygen atoms in total. The molecule has 26 heavy (non-hydrogen) atoms. The Labute approximate surface area is 155 Å². The fourth-order valence-electron chi connectivity index (χ4n) is 4.34. The Kier molecular flexibility index (Phi) is 4.98. The molecule has 2 aromatic rings. The Morgan fingerprint density at radius 1 is 0.923 bits per heavy atom. The molecule has 0 N–H and O–H groups in total. The molecule has 2 aliphatic heterocycles. The zero-order valence-corrected chi connectivity index (χ0v) is 15.2. The van der Waals surface area contributed by atoms with Crippen molar-refractivity contribution in [3.8, 4) is 0 Å². The lowest BCUT2D eigenvalue weighted by Crippen LogP contribution is -2.53. The number of hydrogen-bond donors (Lipinski definition) is 0. The van der Waals surface area contributed by atoms with Crippen LogP contribution < -0.4 is 0 Å². The maximum Gasteiger partial charge on any atom is 0.229 e. The van der Waals surface area contributed by atoms with Gasteiger partial charge in [-0.25, -0.2) is 0 Å². The molecule has 5 heteroatoms. The number of aromatic nitrogens is 2. The highest BCUT2D eigenvalue weighted by Crippen LogP contribution is 2.41. The van der Waals surface area contributed by atoms with E-state index in [1.165, 1.54) is 0 Å². The van der Waals surface area contributed by atoms with E-state index in [4.69, 9.17) is 0 Å². The van der Waals surface area contributed by atoms with Crippen molar-refractivity contribution in [2.24, 2.45) is 5.41 Å². The van der Waals surface area contributed by atoms with Gasteiger partial charge in [0.25, 0.3) is 0 Å². The van der Waals surface area contributed by atoms with Gasteiger partial charge in [0.2, 0.25) is 5.91 Å². The summed E-state index contributed by atoms with van der Waals surface area (Å²) in [4.78, 5) is 26.2. The normalized spacial score (nSPS) is 20.5. The van der Waals surface area contributed by atoms with Gasteiger partial charge in [-0.2, -0.15) is 0 Å². The summed E-state index contributed by atoms with van der Waals surface area (Å²) in [6, 6.07) is 10.1. The summed E-state index contributed by atoms with van der Waals surface area (Å²) in [5.41, 5.74) is 2.13. The number of likely N-dealkylation sites (tertiary alicyclic amines) is 2. The Morgan fingerprint density at radius 3 is 2.46 bits per heavy atom. The molecule has 2 aliphatic rings. The summed E-state index contributed by atoms with van der Waals surface area (Å²) in [6.07, 6.45) is 9.53. The monoisotopic (exact) mass is 350 g/mol. The fraction of sp³-hybridized carbons (Fsp3) is 0.476. The second-order valence-electron chi connectivity index (χ2n) is 7.56. The maximum atomic E-state index is 13.3. The van der Waals surface area contributed by atoms with E-state index in [0.717, 1.165) is 63.1 Å². The Hall–Kier alpha value is -2.27. The average Bonchev–Trinajstić information content (AvgIpc) is 2.69. The quantitative estimate of drug-likeness (QED) is 0.851. The van der Waals surface area contributed by atoms with E-state index < -0.39 is 0 Å². The molecule has 0 aromatic carbocycles. The van der Waals surface area contributed by atoms with Gasteiger partial charge < -0.3 is 4.90 Å². The minimum absolute atomic E-state index is 0.147. The number of piperidine rings is 2. The highest BCUT2D eigenvalue weighted by molar-refractivity contribution is 5.83. The molecule has 4 rings (SSSR count). The van der Waals surface area contributed by atoms with Crippen molar-refractivity contribution in [3.63, 3.8) is 0 Å². The molecular weight excluding hydrogens is 324 g/mol. The third-order valence-corrected chi connectivity index (χ3v) is 5.87. The van der Waals surface area contributed by atoms with Crippen molar-refractivity contribution < 1.29 is 4.79 Å². The molecule has 0 aliphatic carbocycles. The third-order valence-electron chi connectivity index (χ3n) is 5.87. The molecule has 0 bridgehead atoms. The fourth-order valence-corrected chi connectivity index (χ4v) is 4.34. The van der Waals surface area contributed by atoms with Crippen molar-refractivity contribution in [1.82, 2.24) is 19.8 Å². The van der Waals surface area contributed by atoms with Crippen molar-refractivity contribution >= 4 is 5.91 Å². The summed E-state index contributed by atoms with van der Waals surface area (Å²) in [5.74, 6) is 0.359. The van der Waals surface area contributed by atoms with Crippen LogP contribution in [0.2, 0.25) is 0 Å². The predicted molar refractivity (Wildman–Crippen MR) is 100 cm³/mol. The van der Waals surface area contributed by atoms with Crippen LogP contribution in [-0.2, 0) is 17.9 Å². The molecular formula is C21H26N4O. The number of carbonyl (C=O) groups excluding carboxylic acids is 1. The van der Waals surface area contributed by atoms with Crippen molar-refractivity contribution in [2.75, 3.05) is 19.6 Å². The number of pyridine rings is 2. The van der Waals surface area contributed by atoms with Gasteiger partial charge in [-0.05, 0) is 68.6 Å². The van der Waals surface area contributed by atoms with Gasteiger partial charge in [0, 0.05) is 38.2 Å². The van der Waals surface area contributed by atoms with Crippen LogP contribution in [0.3, 0.4) is 0 Å². The number of nitrogens with zero attached hydrogens (tertiary/aromatic N) is 4. The van der Waals surface area contributed by atoms with Crippen LogP contribution in [0.25, 0.3) is 0 Å². The summed E-state index contributed by atoms with van der Waals surface area (Å²) < 4.78 is 0. The van der Waals surface area contributed by atoms with E-state index in [1.54, 1.807) is 12.4 Å². The van der Waals surface area contributed by atoms with Crippen LogP contribution in [-0.4, -0.2) is 45.3 Å². The van der Waals surface area contributed by atoms with Gasteiger partial charge in [-0.15, -0.1) is 0 Å². The molecule has 0 atom stereocenters. The first-order valence-corrected chi connectivity index (χ1v) is 9.56. The van der Waals surface area contributed by atoms with Gasteiger partial charge in [-0.1, -0.05) is 6.07 Å². The molecule has 136 valence electrons. The number of rotatable bonds is 4. The molecule has 0 unspecified atom stereocenters. The highest BCUT2D eigenvalue weighted by atomic mass is 16.2. The van der Waals surface area contributed by atoms with Crippen LogP contribution in [0, 0.1) is 5.41 Å². The number of carbonyl (C=O) groups is 1. The van der Waals surface area contributed by atoms with Gasteiger partial charge in [0.1, 0.15) is 0 Å². The van der Waals surface area contributed by atoms with Crippen LogP contribution in [0.15, 0.2) is 48.9 Å². The van der Waals surface area contributed by atoms with E-state index in [-0.39, 0.29) is 5.41 Å². The Bertz CT molecular complexity index is 726. The van der Waals surface area contributed by atoms with Crippen molar-refractivity contribution in [2.45, 2.75) is 38.8 Å². The maximum absolute atomic E-state index is 13.3. The topological polar surface area (TPSA) is 49.3 Å². The minimum atomic E-state index is -0.147. The minimum Gasteiger partial charge on any atom is -0.338 e. The van der Waals surface area contributed by atoms with Gasteiger partial charge in [0.05, 0.1) is 11.1 Å². The number of amides is 1. The lowest BCUT2D eigenvalue weighted by atomic mass is 9.71. The molecule has 1 amide bonds. The second-order valence-corrected chi connectivity index (χ2v) is 7.56. The second kappa shape index (κ2) is 7.54. The van der Waals surface area contributed by atoms with Gasteiger partial charge in [0.15, 0.2) is 0 Å². The van der Waals surface area contributed by atoms with Gasteiger partial charge in [-0.3, -0.25) is 19.7 Å². The van der Waals surface area contributed by atoms with Crippen LogP contribution in [0.4, 0.5) is 0 Å². The predicted octanol–water partition coefficient (Wildman–Crippen LogP) is 2.88. The Balaban J connectivity index is 1.38. The van der Waals surface area contributed by atoms with E-state index in [0.29, 0.717) is 12.5 Å². The SMILES string of the molecule is O=C1N(Cc2ccncc2)CCCC12CCN(Cc1ccccn1)CC2. The zero-order valence-electron chi connectivity index (χ0n) is 15.2. The van der Waals surface area contributed by atoms with Crippen LogP contribution in [0.1, 0.15) is 36.9 Å². The van der Waals surface area contributed by atoms with E-state index in [9.17, 15) is 4.79 Å². The lowest BCUT2D eigenvalue weighted by molar-refractivity contribution is -0.150. The standard InChI is InChI=1S/C21H26N4O/c26-20-21(7-3-13-25(20)16-18-5-11-22-12-6-18)8-14-24(15-9-21)17-19-4-1-2-10-23-19/h1-2,4-6,10-12H,3,7-9,13-17H2. The third kappa shape index (κ3) is 3.63. The zero-order chi connectivity index (χ0) is 17.8. The molecule has 4 heterocycles. The van der Waals surface area contributed by atoms with E-state index in [2.05, 4.69) is 25.8 Å². The summed E-state index contributed by atoms with van der Waals surface area (Å²) in [7, 11) is 0. The van der Waals surface area contributed by atoms with Gasteiger partial charge >= 0.3 is 0 Å². The molecule has 2 saturated heterocycles. The molecule has 0 saturated carbocycles. The first kappa shape index (κ1) is 17.2. The number of hydrogen-bond acceptors (Lipinski definition) is 4. The molecule has 0 radical (unpaired) electrons. The summed E-state index contributed by atoms with van der Waals surface area (Å²) in [5, 5.41) is 0. The first-order chi connectivity index (χ1) is 12.8. The lowest BCUT2D eigenvalue weighted by Gasteiger charge is -2.46. The van der Waals surface area contributed by atoms with Crippen LogP contribution >= 0.6 is 0 Å². The summed E-state index contributed by atoms with van der Waals surface area (Å²) in [6.45, 7) is 4.42.